The van der Waals surface area contributed by atoms with Gasteiger partial charge in [-0.3, -0.25) is 0 Å². The van der Waals surface area contributed by atoms with Crippen LogP contribution < -0.4 is 5.32 Å². The molecule has 1 aromatic rings. The van der Waals surface area contributed by atoms with E-state index < -0.39 is 0 Å². The van der Waals surface area contributed by atoms with Crippen molar-refractivity contribution in [1.82, 2.24) is 5.32 Å². The standard InChI is InChI=1S/C16H23ClFN/c1-10-7-11(2)9-12(8-10)16(19-3)13-5-4-6-14(18)15(13)17/h4-6,10-12,16,19H,7-9H2,1-3H3. The van der Waals surface area contributed by atoms with Crippen molar-refractivity contribution in [2.75, 3.05) is 7.05 Å². The van der Waals surface area contributed by atoms with Crippen molar-refractivity contribution in [2.45, 2.75) is 39.2 Å². The predicted molar refractivity (Wildman–Crippen MR) is 78.9 cm³/mol. The fourth-order valence-corrected chi connectivity index (χ4v) is 3.93. The lowest BCUT2D eigenvalue weighted by Crippen LogP contribution is -2.31. The first-order valence-electron chi connectivity index (χ1n) is 7.14. The van der Waals surface area contributed by atoms with Gasteiger partial charge in [0.1, 0.15) is 5.82 Å². The van der Waals surface area contributed by atoms with E-state index in [4.69, 9.17) is 11.6 Å². The molecule has 1 saturated carbocycles. The molecule has 0 amide bonds. The summed E-state index contributed by atoms with van der Waals surface area (Å²) in [7, 11) is 1.94. The summed E-state index contributed by atoms with van der Waals surface area (Å²) in [5, 5.41) is 3.62. The minimum absolute atomic E-state index is 0.147. The summed E-state index contributed by atoms with van der Waals surface area (Å²) in [6.45, 7) is 4.62. The summed E-state index contributed by atoms with van der Waals surface area (Å²) in [6, 6.07) is 5.26. The van der Waals surface area contributed by atoms with Gasteiger partial charge in [0.25, 0.3) is 0 Å². The minimum atomic E-state index is -0.323. The molecule has 0 saturated heterocycles. The summed E-state index contributed by atoms with van der Waals surface area (Å²) in [5.74, 6) is 1.67. The summed E-state index contributed by atoms with van der Waals surface area (Å²) >= 11 is 6.14. The second-order valence-electron chi connectivity index (χ2n) is 6.09. The van der Waals surface area contributed by atoms with Crippen molar-refractivity contribution in [2.24, 2.45) is 17.8 Å². The zero-order valence-corrected chi connectivity index (χ0v) is 12.7. The fraction of sp³-hybridized carbons (Fsp3) is 0.625. The molecule has 0 bridgehead atoms. The molecule has 0 aromatic heterocycles. The predicted octanol–water partition coefficient (Wildman–Crippen LogP) is 4.81. The largest absolute Gasteiger partial charge is 0.313 e. The monoisotopic (exact) mass is 283 g/mol. The van der Waals surface area contributed by atoms with Gasteiger partial charge in [-0.25, -0.2) is 4.39 Å². The Hall–Kier alpha value is -0.600. The molecule has 3 heteroatoms. The Labute approximate surface area is 120 Å². The number of nitrogens with one attached hydrogen (secondary N) is 1. The smallest absolute Gasteiger partial charge is 0.142 e. The Balaban J connectivity index is 2.26. The Morgan fingerprint density at radius 1 is 1.21 bits per heavy atom. The van der Waals surface area contributed by atoms with Gasteiger partial charge in [0, 0.05) is 6.04 Å². The van der Waals surface area contributed by atoms with Crippen LogP contribution in [0.25, 0.3) is 0 Å². The van der Waals surface area contributed by atoms with Crippen LogP contribution in [0, 0.1) is 23.6 Å². The number of hydrogen-bond acceptors (Lipinski definition) is 1. The maximum atomic E-state index is 13.6. The molecule has 19 heavy (non-hydrogen) atoms. The molecule has 3 unspecified atom stereocenters. The molecule has 1 aliphatic carbocycles. The summed E-state index contributed by atoms with van der Waals surface area (Å²) in [4.78, 5) is 0. The van der Waals surface area contributed by atoms with E-state index in [9.17, 15) is 4.39 Å². The van der Waals surface area contributed by atoms with Crippen LogP contribution in [-0.4, -0.2) is 7.05 Å². The van der Waals surface area contributed by atoms with E-state index in [0.717, 1.165) is 17.4 Å². The first kappa shape index (κ1) is 14.8. The molecule has 0 spiro atoms. The highest BCUT2D eigenvalue weighted by Gasteiger charge is 2.31. The molecule has 1 N–H and O–H groups in total. The Bertz CT molecular complexity index is 425. The first-order chi connectivity index (χ1) is 9.02. The average molecular weight is 284 g/mol. The number of rotatable bonds is 3. The van der Waals surface area contributed by atoms with Gasteiger partial charge in [-0.05, 0) is 55.7 Å². The summed E-state index contributed by atoms with van der Waals surface area (Å²) in [6.07, 6.45) is 3.66. The second kappa shape index (κ2) is 6.23. The third-order valence-corrected chi connectivity index (χ3v) is 4.71. The van der Waals surface area contributed by atoms with Crippen LogP contribution in [0.2, 0.25) is 5.02 Å². The molecule has 1 aromatic carbocycles. The van der Waals surface area contributed by atoms with Crippen molar-refractivity contribution < 1.29 is 4.39 Å². The van der Waals surface area contributed by atoms with Crippen LogP contribution in [0.5, 0.6) is 0 Å². The van der Waals surface area contributed by atoms with E-state index in [2.05, 4.69) is 19.2 Å². The van der Waals surface area contributed by atoms with Crippen LogP contribution >= 0.6 is 11.6 Å². The zero-order chi connectivity index (χ0) is 14.0. The number of hydrogen-bond donors (Lipinski definition) is 1. The molecule has 0 aliphatic heterocycles. The highest BCUT2D eigenvalue weighted by molar-refractivity contribution is 6.31. The lowest BCUT2D eigenvalue weighted by Gasteiger charge is -2.37. The minimum Gasteiger partial charge on any atom is -0.313 e. The third kappa shape index (κ3) is 3.29. The lowest BCUT2D eigenvalue weighted by atomic mass is 9.72. The highest BCUT2D eigenvalue weighted by atomic mass is 35.5. The maximum Gasteiger partial charge on any atom is 0.142 e. The van der Waals surface area contributed by atoms with Crippen LogP contribution in [-0.2, 0) is 0 Å². The molecule has 2 rings (SSSR count). The Kier molecular flexibility index (Phi) is 4.86. The van der Waals surface area contributed by atoms with Crippen LogP contribution in [0.1, 0.15) is 44.7 Å². The van der Waals surface area contributed by atoms with Crippen LogP contribution in [0.15, 0.2) is 18.2 Å². The van der Waals surface area contributed by atoms with E-state index in [-0.39, 0.29) is 16.9 Å². The topological polar surface area (TPSA) is 12.0 Å². The third-order valence-electron chi connectivity index (χ3n) is 4.31. The molecular weight excluding hydrogens is 261 g/mol. The number of halogens is 2. The van der Waals surface area contributed by atoms with Gasteiger partial charge in [0.2, 0.25) is 0 Å². The zero-order valence-electron chi connectivity index (χ0n) is 11.9. The molecule has 1 aliphatic rings. The van der Waals surface area contributed by atoms with Crippen molar-refractivity contribution >= 4 is 11.6 Å². The van der Waals surface area contributed by atoms with Gasteiger partial charge in [-0.2, -0.15) is 0 Å². The quantitative estimate of drug-likeness (QED) is 0.839. The lowest BCUT2D eigenvalue weighted by molar-refractivity contribution is 0.180. The van der Waals surface area contributed by atoms with Gasteiger partial charge in [-0.15, -0.1) is 0 Å². The molecule has 3 atom stereocenters. The summed E-state index contributed by atoms with van der Waals surface area (Å²) < 4.78 is 13.6. The number of benzene rings is 1. The van der Waals surface area contributed by atoms with Gasteiger partial charge < -0.3 is 5.32 Å². The van der Waals surface area contributed by atoms with E-state index in [0.29, 0.717) is 5.92 Å². The maximum absolute atomic E-state index is 13.6. The molecule has 0 radical (unpaired) electrons. The van der Waals surface area contributed by atoms with Crippen molar-refractivity contribution in [3.8, 4) is 0 Å². The first-order valence-corrected chi connectivity index (χ1v) is 7.51. The average Bonchev–Trinajstić information content (AvgIpc) is 2.34. The molecule has 0 heterocycles. The van der Waals surface area contributed by atoms with Crippen molar-refractivity contribution in [3.63, 3.8) is 0 Å². The fourth-order valence-electron chi connectivity index (χ4n) is 3.69. The van der Waals surface area contributed by atoms with Gasteiger partial charge in [-0.1, -0.05) is 37.6 Å². The second-order valence-corrected chi connectivity index (χ2v) is 6.46. The molecule has 106 valence electrons. The SMILES string of the molecule is CNC(c1cccc(F)c1Cl)C1CC(C)CC(C)C1. The van der Waals surface area contributed by atoms with Gasteiger partial charge >= 0.3 is 0 Å². The van der Waals surface area contributed by atoms with E-state index >= 15 is 0 Å². The Morgan fingerprint density at radius 2 is 1.84 bits per heavy atom. The van der Waals surface area contributed by atoms with Gasteiger partial charge in [0.15, 0.2) is 0 Å². The normalized spacial score (nSPS) is 29.2. The molecule has 1 nitrogen and oxygen atoms in total. The van der Waals surface area contributed by atoms with Crippen LogP contribution in [0.4, 0.5) is 4.39 Å². The van der Waals surface area contributed by atoms with E-state index in [1.54, 1.807) is 6.07 Å². The van der Waals surface area contributed by atoms with Crippen molar-refractivity contribution in [3.05, 3.63) is 34.6 Å². The molecular formula is C16H23ClFN. The van der Waals surface area contributed by atoms with Gasteiger partial charge in [0.05, 0.1) is 5.02 Å². The molecule has 1 fully saturated rings. The Morgan fingerprint density at radius 3 is 2.42 bits per heavy atom. The van der Waals surface area contributed by atoms with E-state index in [1.165, 1.54) is 25.3 Å². The highest BCUT2D eigenvalue weighted by Crippen LogP contribution is 2.41. The van der Waals surface area contributed by atoms with E-state index in [1.807, 2.05) is 13.1 Å². The van der Waals surface area contributed by atoms with Crippen molar-refractivity contribution in [1.29, 1.82) is 0 Å². The van der Waals surface area contributed by atoms with Crippen LogP contribution in [0.3, 0.4) is 0 Å². The summed E-state index contributed by atoms with van der Waals surface area (Å²) in [5.41, 5.74) is 0.899.